The molecule has 1 rings (SSSR count). The number of hydrogen-bond donors (Lipinski definition) is 0. The number of aryl methyl sites for hydroxylation is 1. The maximum absolute atomic E-state index is 3.75. The van der Waals surface area contributed by atoms with Crippen molar-refractivity contribution in [2.75, 3.05) is 0 Å². The lowest BCUT2D eigenvalue weighted by molar-refractivity contribution is 0.619. The standard InChI is InChI=1S/C15H20/c1-6-9-13(3)15(4,5)14-11-8-7-10-12(14)2/h6-11H,1H2,2-5H3/b13-9+. The van der Waals surface area contributed by atoms with Gasteiger partial charge in [-0.05, 0) is 25.0 Å². The van der Waals surface area contributed by atoms with Crippen molar-refractivity contribution in [3.05, 3.63) is 59.7 Å². The summed E-state index contributed by atoms with van der Waals surface area (Å²) in [6.45, 7) is 12.6. The van der Waals surface area contributed by atoms with E-state index in [4.69, 9.17) is 0 Å². The van der Waals surface area contributed by atoms with Crippen molar-refractivity contribution in [2.45, 2.75) is 33.1 Å². The summed E-state index contributed by atoms with van der Waals surface area (Å²) in [4.78, 5) is 0. The summed E-state index contributed by atoms with van der Waals surface area (Å²) in [6.07, 6.45) is 3.95. The molecular weight excluding hydrogens is 180 g/mol. The van der Waals surface area contributed by atoms with Gasteiger partial charge in [-0.15, -0.1) is 0 Å². The van der Waals surface area contributed by atoms with Crippen molar-refractivity contribution in [1.82, 2.24) is 0 Å². The Bertz CT molecular complexity index is 381. The molecule has 0 N–H and O–H groups in total. The van der Waals surface area contributed by atoms with Gasteiger partial charge in [-0.2, -0.15) is 0 Å². The van der Waals surface area contributed by atoms with Gasteiger partial charge in [0.2, 0.25) is 0 Å². The molecule has 0 heteroatoms. The van der Waals surface area contributed by atoms with Crippen LogP contribution < -0.4 is 0 Å². The molecule has 0 aliphatic rings. The molecule has 80 valence electrons. The number of hydrogen-bond acceptors (Lipinski definition) is 0. The highest BCUT2D eigenvalue weighted by molar-refractivity contribution is 5.39. The monoisotopic (exact) mass is 200 g/mol. The molecule has 0 amide bonds. The fourth-order valence-corrected chi connectivity index (χ4v) is 1.87. The third kappa shape index (κ3) is 2.38. The molecule has 0 heterocycles. The van der Waals surface area contributed by atoms with Crippen LogP contribution in [0.25, 0.3) is 0 Å². The maximum Gasteiger partial charge on any atom is 0.0108 e. The lowest BCUT2D eigenvalue weighted by atomic mass is 9.76. The van der Waals surface area contributed by atoms with Crippen LogP contribution in [0.1, 0.15) is 31.9 Å². The van der Waals surface area contributed by atoms with E-state index in [9.17, 15) is 0 Å². The van der Waals surface area contributed by atoms with Crippen LogP contribution in [0.15, 0.2) is 48.6 Å². The summed E-state index contributed by atoms with van der Waals surface area (Å²) in [7, 11) is 0. The zero-order valence-corrected chi connectivity index (χ0v) is 10.2. The second kappa shape index (κ2) is 4.48. The Morgan fingerprint density at radius 2 is 1.87 bits per heavy atom. The van der Waals surface area contributed by atoms with Crippen molar-refractivity contribution in [3.8, 4) is 0 Å². The van der Waals surface area contributed by atoms with Gasteiger partial charge in [0.15, 0.2) is 0 Å². The van der Waals surface area contributed by atoms with Crippen LogP contribution in [0.4, 0.5) is 0 Å². The molecule has 1 aromatic rings. The zero-order chi connectivity index (χ0) is 11.5. The molecule has 0 nitrogen and oxygen atoms in total. The fraction of sp³-hybridized carbons (Fsp3) is 0.333. The van der Waals surface area contributed by atoms with Crippen molar-refractivity contribution < 1.29 is 0 Å². The van der Waals surface area contributed by atoms with E-state index in [1.165, 1.54) is 16.7 Å². The van der Waals surface area contributed by atoms with Gasteiger partial charge in [0, 0.05) is 5.41 Å². The molecule has 0 atom stereocenters. The average Bonchev–Trinajstić information content (AvgIpc) is 2.18. The molecule has 0 saturated carbocycles. The van der Waals surface area contributed by atoms with E-state index in [1.807, 2.05) is 6.08 Å². The van der Waals surface area contributed by atoms with Crippen molar-refractivity contribution in [1.29, 1.82) is 0 Å². The molecule has 0 aliphatic carbocycles. The van der Waals surface area contributed by atoms with Gasteiger partial charge in [-0.3, -0.25) is 0 Å². The molecule has 0 aromatic heterocycles. The van der Waals surface area contributed by atoms with Crippen LogP contribution in [0.5, 0.6) is 0 Å². The van der Waals surface area contributed by atoms with Gasteiger partial charge in [-0.1, -0.05) is 62.4 Å². The quantitative estimate of drug-likeness (QED) is 0.634. The molecular formula is C15H20. The molecule has 0 fully saturated rings. The van der Waals surface area contributed by atoms with E-state index in [0.29, 0.717) is 0 Å². The first kappa shape index (κ1) is 11.8. The Morgan fingerprint density at radius 1 is 1.27 bits per heavy atom. The topological polar surface area (TPSA) is 0 Å². The molecule has 0 saturated heterocycles. The molecule has 0 aliphatic heterocycles. The molecule has 0 spiro atoms. The van der Waals surface area contributed by atoms with Crippen LogP contribution in [0.2, 0.25) is 0 Å². The van der Waals surface area contributed by atoms with E-state index in [-0.39, 0.29) is 5.41 Å². The van der Waals surface area contributed by atoms with E-state index >= 15 is 0 Å². The number of rotatable bonds is 3. The van der Waals surface area contributed by atoms with Gasteiger partial charge in [-0.25, -0.2) is 0 Å². The second-order valence-corrected chi connectivity index (χ2v) is 4.53. The van der Waals surface area contributed by atoms with Crippen LogP contribution in [0, 0.1) is 6.92 Å². The number of benzene rings is 1. The highest BCUT2D eigenvalue weighted by Crippen LogP contribution is 2.32. The van der Waals surface area contributed by atoms with Crippen molar-refractivity contribution in [3.63, 3.8) is 0 Å². The van der Waals surface area contributed by atoms with E-state index in [2.05, 4.69) is 64.6 Å². The maximum atomic E-state index is 3.75. The second-order valence-electron chi connectivity index (χ2n) is 4.53. The predicted octanol–water partition coefficient (Wildman–Crippen LogP) is 4.40. The minimum absolute atomic E-state index is 0.0829. The highest BCUT2D eigenvalue weighted by atomic mass is 14.3. The van der Waals surface area contributed by atoms with Gasteiger partial charge < -0.3 is 0 Å². The third-order valence-corrected chi connectivity index (χ3v) is 3.17. The SMILES string of the molecule is C=C/C=C(\C)C(C)(C)c1ccccc1C. The Labute approximate surface area is 93.3 Å². The van der Waals surface area contributed by atoms with Crippen LogP contribution in [0.3, 0.4) is 0 Å². The first-order chi connectivity index (χ1) is 7.00. The van der Waals surface area contributed by atoms with Gasteiger partial charge in [0.1, 0.15) is 0 Å². The van der Waals surface area contributed by atoms with E-state index in [1.54, 1.807) is 0 Å². The molecule has 0 radical (unpaired) electrons. The fourth-order valence-electron chi connectivity index (χ4n) is 1.87. The normalized spacial score (nSPS) is 12.7. The van der Waals surface area contributed by atoms with Crippen LogP contribution in [-0.2, 0) is 5.41 Å². The minimum Gasteiger partial charge on any atom is -0.0991 e. The summed E-state index contributed by atoms with van der Waals surface area (Å²) in [5, 5.41) is 0. The lowest BCUT2D eigenvalue weighted by Crippen LogP contribution is -2.19. The Balaban J connectivity index is 3.22. The Kier molecular flexibility index (Phi) is 3.52. The predicted molar refractivity (Wildman–Crippen MR) is 68.2 cm³/mol. The average molecular weight is 200 g/mol. The third-order valence-electron chi connectivity index (χ3n) is 3.17. The molecule has 15 heavy (non-hydrogen) atoms. The molecule has 0 unspecified atom stereocenters. The lowest BCUT2D eigenvalue weighted by Gasteiger charge is -2.28. The minimum atomic E-state index is 0.0829. The van der Waals surface area contributed by atoms with Gasteiger partial charge in [0.25, 0.3) is 0 Å². The summed E-state index contributed by atoms with van der Waals surface area (Å²) in [6, 6.07) is 8.56. The highest BCUT2D eigenvalue weighted by Gasteiger charge is 2.23. The summed E-state index contributed by atoms with van der Waals surface area (Å²) in [5.74, 6) is 0. The first-order valence-corrected chi connectivity index (χ1v) is 5.36. The van der Waals surface area contributed by atoms with Gasteiger partial charge >= 0.3 is 0 Å². The van der Waals surface area contributed by atoms with Gasteiger partial charge in [0.05, 0.1) is 0 Å². The van der Waals surface area contributed by atoms with Crippen LogP contribution in [-0.4, -0.2) is 0 Å². The van der Waals surface area contributed by atoms with E-state index in [0.717, 1.165) is 0 Å². The summed E-state index contributed by atoms with van der Waals surface area (Å²) in [5.41, 5.74) is 4.16. The van der Waals surface area contributed by atoms with Crippen molar-refractivity contribution in [2.24, 2.45) is 0 Å². The summed E-state index contributed by atoms with van der Waals surface area (Å²) >= 11 is 0. The Hall–Kier alpha value is -1.30. The van der Waals surface area contributed by atoms with E-state index < -0.39 is 0 Å². The largest absolute Gasteiger partial charge is 0.0991 e. The number of allylic oxidation sites excluding steroid dienone is 3. The molecule has 1 aromatic carbocycles. The molecule has 0 bridgehead atoms. The van der Waals surface area contributed by atoms with Crippen molar-refractivity contribution >= 4 is 0 Å². The zero-order valence-electron chi connectivity index (χ0n) is 10.2. The Morgan fingerprint density at radius 3 is 2.40 bits per heavy atom. The van der Waals surface area contributed by atoms with Crippen LogP contribution >= 0.6 is 0 Å². The smallest absolute Gasteiger partial charge is 0.0108 e. The first-order valence-electron chi connectivity index (χ1n) is 5.36. The summed E-state index contributed by atoms with van der Waals surface area (Å²) < 4.78 is 0.